The van der Waals surface area contributed by atoms with E-state index in [0.29, 0.717) is 11.3 Å². The van der Waals surface area contributed by atoms with Crippen molar-refractivity contribution in [2.75, 3.05) is 13.1 Å². The molecular weight excluding hydrogens is 249 g/mol. The number of halogens is 3. The predicted octanol–water partition coefficient (Wildman–Crippen LogP) is 1.79. The number of alkyl halides is 3. The Morgan fingerprint density at radius 2 is 2.11 bits per heavy atom. The SMILES string of the molecule is CCCN(CC(F)(F)F)C(=O)c1c[nH]ccc1=O. The van der Waals surface area contributed by atoms with Crippen molar-refractivity contribution in [3.05, 3.63) is 34.2 Å². The van der Waals surface area contributed by atoms with Crippen molar-refractivity contribution < 1.29 is 18.0 Å². The number of pyridine rings is 1. The number of nitrogens with zero attached hydrogens (tertiary/aromatic N) is 1. The van der Waals surface area contributed by atoms with E-state index in [0.717, 1.165) is 12.3 Å². The van der Waals surface area contributed by atoms with Crippen LogP contribution in [0, 0.1) is 0 Å². The molecular formula is C11H13F3N2O2. The zero-order valence-corrected chi connectivity index (χ0v) is 9.75. The highest BCUT2D eigenvalue weighted by atomic mass is 19.4. The van der Waals surface area contributed by atoms with Crippen molar-refractivity contribution >= 4 is 5.91 Å². The van der Waals surface area contributed by atoms with Gasteiger partial charge in [-0.3, -0.25) is 9.59 Å². The van der Waals surface area contributed by atoms with Crippen molar-refractivity contribution in [1.29, 1.82) is 0 Å². The van der Waals surface area contributed by atoms with Crippen LogP contribution in [0.25, 0.3) is 0 Å². The number of carbonyl (C=O) groups excluding carboxylic acids is 1. The highest BCUT2D eigenvalue weighted by Crippen LogP contribution is 2.17. The third kappa shape index (κ3) is 3.90. The topological polar surface area (TPSA) is 53.2 Å². The third-order valence-corrected chi connectivity index (χ3v) is 2.21. The molecule has 1 N–H and O–H groups in total. The Morgan fingerprint density at radius 1 is 1.44 bits per heavy atom. The summed E-state index contributed by atoms with van der Waals surface area (Å²) in [6.07, 6.45) is -1.67. The fraction of sp³-hybridized carbons (Fsp3) is 0.455. The zero-order chi connectivity index (χ0) is 13.8. The molecule has 1 rings (SSSR count). The Morgan fingerprint density at radius 3 is 2.61 bits per heavy atom. The van der Waals surface area contributed by atoms with Crippen molar-refractivity contribution in [1.82, 2.24) is 9.88 Å². The maximum absolute atomic E-state index is 12.3. The van der Waals surface area contributed by atoms with Crippen LogP contribution in [-0.2, 0) is 0 Å². The molecule has 1 heterocycles. The summed E-state index contributed by atoms with van der Waals surface area (Å²) >= 11 is 0. The maximum Gasteiger partial charge on any atom is 0.406 e. The van der Waals surface area contributed by atoms with Crippen LogP contribution in [-0.4, -0.2) is 35.1 Å². The Balaban J connectivity index is 2.97. The number of nitrogens with one attached hydrogen (secondary N) is 1. The summed E-state index contributed by atoms with van der Waals surface area (Å²) < 4.78 is 37.0. The van der Waals surface area contributed by atoms with Crippen LogP contribution in [0.2, 0.25) is 0 Å². The van der Waals surface area contributed by atoms with E-state index in [4.69, 9.17) is 0 Å². The minimum absolute atomic E-state index is 0.0489. The van der Waals surface area contributed by atoms with Gasteiger partial charge in [0.25, 0.3) is 5.91 Å². The van der Waals surface area contributed by atoms with E-state index in [9.17, 15) is 22.8 Å². The summed E-state index contributed by atoms with van der Waals surface area (Å²) in [4.78, 5) is 26.4. The normalized spacial score (nSPS) is 11.3. The lowest BCUT2D eigenvalue weighted by Crippen LogP contribution is -2.41. The smallest absolute Gasteiger partial charge is 0.367 e. The molecule has 0 aliphatic heterocycles. The molecule has 0 atom stereocenters. The lowest BCUT2D eigenvalue weighted by Gasteiger charge is -2.23. The summed E-state index contributed by atoms with van der Waals surface area (Å²) in [7, 11) is 0. The molecule has 0 saturated heterocycles. The van der Waals surface area contributed by atoms with Crippen molar-refractivity contribution in [3.8, 4) is 0 Å². The van der Waals surface area contributed by atoms with E-state index < -0.39 is 24.1 Å². The number of rotatable bonds is 4. The van der Waals surface area contributed by atoms with Crippen LogP contribution in [0.4, 0.5) is 13.2 Å². The van der Waals surface area contributed by atoms with Crippen LogP contribution in [0.15, 0.2) is 23.3 Å². The van der Waals surface area contributed by atoms with Crippen molar-refractivity contribution in [2.45, 2.75) is 19.5 Å². The van der Waals surface area contributed by atoms with Gasteiger partial charge >= 0.3 is 6.18 Å². The highest BCUT2D eigenvalue weighted by molar-refractivity contribution is 5.93. The van der Waals surface area contributed by atoms with Crippen molar-refractivity contribution in [3.63, 3.8) is 0 Å². The van der Waals surface area contributed by atoms with E-state index in [1.54, 1.807) is 6.92 Å². The lowest BCUT2D eigenvalue weighted by atomic mass is 10.2. The van der Waals surface area contributed by atoms with Gasteiger partial charge in [-0.2, -0.15) is 13.2 Å². The van der Waals surface area contributed by atoms with Crippen LogP contribution in [0.1, 0.15) is 23.7 Å². The maximum atomic E-state index is 12.3. The highest BCUT2D eigenvalue weighted by Gasteiger charge is 2.33. The lowest BCUT2D eigenvalue weighted by molar-refractivity contribution is -0.140. The standard InChI is InChI=1S/C11H13F3N2O2/c1-2-5-16(7-11(12,13)14)10(18)8-6-15-4-3-9(8)17/h3-4,6H,2,5,7H2,1H3,(H,15,17). The zero-order valence-electron chi connectivity index (χ0n) is 9.75. The molecule has 100 valence electrons. The summed E-state index contributed by atoms with van der Waals surface area (Å²) in [5.74, 6) is -0.906. The summed E-state index contributed by atoms with van der Waals surface area (Å²) in [5, 5.41) is 0. The molecule has 1 aromatic heterocycles. The number of H-pyrrole nitrogens is 1. The van der Waals surface area contributed by atoms with Gasteiger partial charge < -0.3 is 9.88 Å². The van der Waals surface area contributed by atoms with Crippen LogP contribution < -0.4 is 5.43 Å². The first-order valence-corrected chi connectivity index (χ1v) is 5.38. The molecule has 7 heteroatoms. The fourth-order valence-corrected chi connectivity index (χ4v) is 1.49. The summed E-state index contributed by atoms with van der Waals surface area (Å²) in [6.45, 7) is 0.257. The average Bonchev–Trinajstić information content (AvgIpc) is 2.26. The molecule has 0 saturated carbocycles. The summed E-state index contributed by atoms with van der Waals surface area (Å²) in [6, 6.07) is 1.10. The van der Waals surface area contributed by atoms with Crippen LogP contribution in [0.5, 0.6) is 0 Å². The van der Waals surface area contributed by atoms with Gasteiger partial charge in [-0.25, -0.2) is 0 Å². The number of aromatic amines is 1. The van der Waals surface area contributed by atoms with Gasteiger partial charge in [-0.05, 0) is 6.42 Å². The Bertz CT molecular complexity index is 468. The molecule has 1 amide bonds. The molecule has 1 aromatic rings. The Labute approximate surface area is 101 Å². The Hall–Kier alpha value is -1.79. The second kappa shape index (κ2) is 5.70. The first-order chi connectivity index (χ1) is 8.35. The van der Waals surface area contributed by atoms with E-state index in [2.05, 4.69) is 4.98 Å². The quantitative estimate of drug-likeness (QED) is 0.899. The molecule has 0 aromatic carbocycles. The third-order valence-electron chi connectivity index (χ3n) is 2.21. The number of carbonyl (C=O) groups is 1. The minimum Gasteiger partial charge on any atom is -0.367 e. The first-order valence-electron chi connectivity index (χ1n) is 5.38. The first kappa shape index (κ1) is 14.3. The van der Waals surface area contributed by atoms with Gasteiger partial charge in [0.2, 0.25) is 0 Å². The number of aromatic nitrogens is 1. The fourth-order valence-electron chi connectivity index (χ4n) is 1.49. The van der Waals surface area contributed by atoms with Gasteiger partial charge in [0.15, 0.2) is 5.43 Å². The van der Waals surface area contributed by atoms with Gasteiger partial charge in [-0.15, -0.1) is 0 Å². The van der Waals surface area contributed by atoms with Crippen LogP contribution >= 0.6 is 0 Å². The monoisotopic (exact) mass is 262 g/mol. The van der Waals surface area contributed by atoms with Gasteiger partial charge in [0, 0.05) is 25.0 Å². The summed E-state index contributed by atoms with van der Waals surface area (Å²) in [5.41, 5.74) is -0.878. The molecule has 0 aliphatic carbocycles. The van der Waals surface area contributed by atoms with Gasteiger partial charge in [-0.1, -0.05) is 6.92 Å². The number of hydrogen-bond acceptors (Lipinski definition) is 2. The molecule has 18 heavy (non-hydrogen) atoms. The second-order valence-electron chi connectivity index (χ2n) is 3.76. The van der Waals surface area contributed by atoms with E-state index >= 15 is 0 Å². The minimum atomic E-state index is -4.48. The second-order valence-corrected chi connectivity index (χ2v) is 3.76. The van der Waals surface area contributed by atoms with E-state index in [1.807, 2.05) is 0 Å². The van der Waals surface area contributed by atoms with Gasteiger partial charge in [0.05, 0.1) is 0 Å². The predicted molar refractivity (Wildman–Crippen MR) is 59.3 cm³/mol. The Kier molecular flexibility index (Phi) is 4.52. The van der Waals surface area contributed by atoms with Crippen LogP contribution in [0.3, 0.4) is 0 Å². The largest absolute Gasteiger partial charge is 0.406 e. The molecule has 4 nitrogen and oxygen atoms in total. The van der Waals surface area contributed by atoms with E-state index in [-0.39, 0.29) is 12.1 Å². The molecule has 0 fully saturated rings. The van der Waals surface area contributed by atoms with Crippen molar-refractivity contribution in [2.24, 2.45) is 0 Å². The molecule has 0 aliphatic rings. The average molecular weight is 262 g/mol. The molecule has 0 unspecified atom stereocenters. The molecule has 0 bridgehead atoms. The number of amides is 1. The molecule has 0 spiro atoms. The molecule has 0 radical (unpaired) electrons. The number of hydrogen-bond donors (Lipinski definition) is 1. The van der Waals surface area contributed by atoms with E-state index in [1.165, 1.54) is 6.20 Å². The van der Waals surface area contributed by atoms with Gasteiger partial charge in [0.1, 0.15) is 12.1 Å².